The predicted octanol–water partition coefficient (Wildman–Crippen LogP) is 15.5. The fourth-order valence-corrected chi connectivity index (χ4v) is 7.94. The lowest BCUT2D eigenvalue weighted by Crippen LogP contribution is -2.20. The van der Waals surface area contributed by atoms with Crippen molar-refractivity contribution in [3.05, 3.63) is 74.5 Å². The fraction of sp³-hybridized carbons (Fsp3) is 0.681. The molecule has 0 fully saturated rings. The number of unbranched alkanes of at least 4 members (excludes halogenated alkanes) is 5. The Balaban J connectivity index is 3.05. The fourth-order valence-electron chi connectivity index (χ4n) is 7.94. The van der Waals surface area contributed by atoms with Crippen molar-refractivity contribution in [3.8, 4) is 0 Å². The highest BCUT2D eigenvalue weighted by Gasteiger charge is 2.32. The summed E-state index contributed by atoms with van der Waals surface area (Å²) in [7, 11) is 0. The summed E-state index contributed by atoms with van der Waals surface area (Å²) in [6.45, 7) is 25.2. The summed E-state index contributed by atoms with van der Waals surface area (Å²) in [6, 6.07) is 9.22. The molecule has 0 spiro atoms. The van der Waals surface area contributed by atoms with E-state index in [0.29, 0.717) is 17.8 Å². The molecule has 5 unspecified atom stereocenters. The maximum absolute atomic E-state index is 15.2. The first-order valence-electron chi connectivity index (χ1n) is 20.8. The summed E-state index contributed by atoms with van der Waals surface area (Å²) in [6.07, 6.45) is 19.8. The molecule has 2 nitrogen and oxygen atoms in total. The maximum Gasteiger partial charge on any atom is 0.227 e. The molecular formula is C47H76O2. The van der Waals surface area contributed by atoms with Crippen LogP contribution >= 0.6 is 0 Å². The molecule has 0 heterocycles. The van der Waals surface area contributed by atoms with Crippen LogP contribution in [0.5, 0.6) is 0 Å². The smallest absolute Gasteiger partial charge is 0.227 e. The molecule has 1 N–H and O–H groups in total. The zero-order valence-electron chi connectivity index (χ0n) is 33.9. The summed E-state index contributed by atoms with van der Waals surface area (Å²) in [5, 5.41) is 12.1. The van der Waals surface area contributed by atoms with Crippen LogP contribution in [0.3, 0.4) is 0 Å². The van der Waals surface area contributed by atoms with Crippen LogP contribution in [0, 0.1) is 0 Å². The van der Waals surface area contributed by atoms with Gasteiger partial charge in [0.25, 0.3) is 0 Å². The minimum Gasteiger partial charge on any atom is -0.504 e. The van der Waals surface area contributed by atoms with E-state index in [-0.39, 0.29) is 23.4 Å². The molecule has 0 saturated carbocycles. The van der Waals surface area contributed by atoms with Crippen molar-refractivity contribution in [1.82, 2.24) is 0 Å². The highest BCUT2D eigenvalue weighted by molar-refractivity contribution is 6.12. The van der Waals surface area contributed by atoms with Crippen LogP contribution < -0.4 is 0 Å². The van der Waals surface area contributed by atoms with E-state index in [1.54, 1.807) is 0 Å². The van der Waals surface area contributed by atoms with Crippen molar-refractivity contribution in [2.75, 3.05) is 0 Å². The lowest BCUT2D eigenvalue weighted by molar-refractivity contribution is 0.0977. The van der Waals surface area contributed by atoms with E-state index in [1.165, 1.54) is 65.5 Å². The van der Waals surface area contributed by atoms with Gasteiger partial charge in [0.2, 0.25) is 5.78 Å². The van der Waals surface area contributed by atoms with Gasteiger partial charge in [0, 0.05) is 5.56 Å². The Morgan fingerprint density at radius 2 is 0.959 bits per heavy atom. The summed E-state index contributed by atoms with van der Waals surface area (Å²) in [5.74, 6) is 1.31. The lowest BCUT2D eigenvalue weighted by atomic mass is 9.72. The Bertz CT molecular complexity index is 1250. The van der Waals surface area contributed by atoms with Gasteiger partial charge in [-0.3, -0.25) is 4.79 Å². The van der Waals surface area contributed by atoms with E-state index in [4.69, 9.17) is 0 Å². The summed E-state index contributed by atoms with van der Waals surface area (Å²) in [5.41, 5.74) is 9.48. The third-order valence-electron chi connectivity index (χ3n) is 11.3. The topological polar surface area (TPSA) is 37.3 Å². The summed E-state index contributed by atoms with van der Waals surface area (Å²) in [4.78, 5) is 15.2. The number of aliphatic hydroxyl groups excluding tert-OH is 1. The van der Waals surface area contributed by atoms with E-state index in [1.807, 2.05) is 6.08 Å². The summed E-state index contributed by atoms with van der Waals surface area (Å²) >= 11 is 0. The number of carbonyl (C=O) groups excluding carboxylic acids is 1. The van der Waals surface area contributed by atoms with Crippen molar-refractivity contribution in [3.63, 3.8) is 0 Å². The van der Waals surface area contributed by atoms with Gasteiger partial charge in [-0.2, -0.15) is 0 Å². The molecule has 0 bridgehead atoms. The van der Waals surface area contributed by atoms with Crippen LogP contribution in [0.2, 0.25) is 0 Å². The average molecular weight is 673 g/mol. The van der Waals surface area contributed by atoms with Crippen molar-refractivity contribution < 1.29 is 9.90 Å². The number of Topliss-reactive ketones (excluding diaryl/α,β-unsaturated/α-hetero) is 1. The molecule has 49 heavy (non-hydrogen) atoms. The molecule has 0 saturated heterocycles. The zero-order chi connectivity index (χ0) is 36.5. The van der Waals surface area contributed by atoms with E-state index in [2.05, 4.69) is 100 Å². The van der Waals surface area contributed by atoms with Crippen molar-refractivity contribution in [1.29, 1.82) is 0 Å². The Hall–Kier alpha value is -2.35. The number of rotatable bonds is 24. The maximum atomic E-state index is 15.2. The van der Waals surface area contributed by atoms with Crippen LogP contribution in [0.4, 0.5) is 0 Å². The molecule has 2 aromatic carbocycles. The third-order valence-corrected chi connectivity index (χ3v) is 11.3. The van der Waals surface area contributed by atoms with Crippen LogP contribution in [-0.2, 0) is 6.42 Å². The van der Waals surface area contributed by atoms with Crippen LogP contribution in [0.25, 0.3) is 6.08 Å². The Morgan fingerprint density at radius 3 is 1.35 bits per heavy atom. The van der Waals surface area contributed by atoms with Crippen LogP contribution in [0.15, 0.2) is 30.0 Å². The van der Waals surface area contributed by atoms with E-state index < -0.39 is 0 Å². The second-order valence-corrected chi connectivity index (χ2v) is 15.6. The number of hydrogen-bond acceptors (Lipinski definition) is 2. The molecule has 0 aromatic heterocycles. The first kappa shape index (κ1) is 42.8. The van der Waals surface area contributed by atoms with Gasteiger partial charge in [-0.1, -0.05) is 165 Å². The molecule has 0 radical (unpaired) electrons. The van der Waals surface area contributed by atoms with Gasteiger partial charge in [0.1, 0.15) is 0 Å². The minimum absolute atomic E-state index is 0.101. The monoisotopic (exact) mass is 673 g/mol. The zero-order valence-corrected chi connectivity index (χ0v) is 33.9. The Labute approximate surface area is 304 Å². The standard InChI is InChI=1S/C47H76O2/c1-12-18-23-33(7)40-29-28-38(17-6)30-39(40)31-43(48)47(49)46-44(36(10)26-21-15-4)41(34(8)24-19-13-2)32-42(35(9)25-20-14-3)45(46)37(11)27-22-16-5/h28-37,48H,12-27H2,1-11H3. The van der Waals surface area contributed by atoms with Gasteiger partial charge in [-0.05, 0) is 113 Å². The first-order chi connectivity index (χ1) is 23.5. The number of allylic oxidation sites excluding steroid dienone is 1. The lowest BCUT2D eigenvalue weighted by Gasteiger charge is -2.32. The molecule has 0 aliphatic rings. The number of carbonyl (C=O) groups is 1. The highest BCUT2D eigenvalue weighted by Crippen LogP contribution is 2.44. The highest BCUT2D eigenvalue weighted by atomic mass is 16.3. The second kappa shape index (κ2) is 22.5. The molecule has 0 amide bonds. The molecule has 276 valence electrons. The molecule has 0 aliphatic heterocycles. The summed E-state index contributed by atoms with van der Waals surface area (Å²) < 4.78 is 0. The molecule has 0 aliphatic carbocycles. The minimum atomic E-state index is -0.167. The normalized spacial score (nSPS) is 15.2. The molecule has 2 aromatic rings. The molecule has 2 rings (SSSR count). The number of ketones is 1. The number of hydrogen-bond donors (Lipinski definition) is 1. The van der Waals surface area contributed by atoms with Crippen LogP contribution in [0.1, 0.15) is 251 Å². The first-order valence-corrected chi connectivity index (χ1v) is 20.8. The number of aryl methyl sites for hydroxylation is 1. The van der Waals surface area contributed by atoms with Gasteiger partial charge in [-0.25, -0.2) is 0 Å². The Morgan fingerprint density at radius 1 is 0.571 bits per heavy atom. The molecule has 5 atom stereocenters. The van der Waals surface area contributed by atoms with E-state index >= 15 is 4.79 Å². The molecular weight excluding hydrogens is 597 g/mol. The average Bonchev–Trinajstić information content (AvgIpc) is 3.11. The van der Waals surface area contributed by atoms with Gasteiger partial charge in [0.05, 0.1) is 0 Å². The Kier molecular flexibility index (Phi) is 19.6. The van der Waals surface area contributed by atoms with Gasteiger partial charge in [-0.15, -0.1) is 0 Å². The van der Waals surface area contributed by atoms with Gasteiger partial charge >= 0.3 is 0 Å². The van der Waals surface area contributed by atoms with Crippen LogP contribution in [-0.4, -0.2) is 10.9 Å². The number of benzene rings is 2. The number of aliphatic hydroxyl groups is 1. The third kappa shape index (κ3) is 12.1. The second-order valence-electron chi connectivity index (χ2n) is 15.6. The predicted molar refractivity (Wildman–Crippen MR) is 217 cm³/mol. The van der Waals surface area contributed by atoms with Crippen molar-refractivity contribution in [2.24, 2.45) is 0 Å². The SMILES string of the molecule is CCCCC(C)c1ccc(CC)cc1C=C(O)C(=O)c1c(C(C)CCCC)c(C(C)CCCC)cc(C(C)CCCC)c1C(C)CCCC. The van der Waals surface area contributed by atoms with E-state index in [9.17, 15) is 5.11 Å². The molecule has 2 heteroatoms. The van der Waals surface area contributed by atoms with Gasteiger partial charge < -0.3 is 5.11 Å². The quantitative estimate of drug-likeness (QED) is 0.0684. The van der Waals surface area contributed by atoms with Gasteiger partial charge in [0.15, 0.2) is 5.76 Å². The van der Waals surface area contributed by atoms with Crippen molar-refractivity contribution in [2.45, 2.75) is 208 Å². The largest absolute Gasteiger partial charge is 0.504 e. The van der Waals surface area contributed by atoms with E-state index in [0.717, 1.165) is 81.8 Å². The van der Waals surface area contributed by atoms with Crippen molar-refractivity contribution >= 4 is 11.9 Å².